The van der Waals surface area contributed by atoms with Crippen molar-refractivity contribution in [2.24, 2.45) is 0 Å². The zero-order valence-electron chi connectivity index (χ0n) is 11.5. The Hall–Kier alpha value is -1.53. The molecule has 1 unspecified atom stereocenters. The van der Waals surface area contributed by atoms with Crippen LogP contribution < -0.4 is 5.32 Å². The number of hydrogen-bond donors (Lipinski definition) is 3. The molecule has 5 nitrogen and oxygen atoms in total. The number of hydrogen-bond acceptors (Lipinski definition) is 4. The third-order valence-corrected chi connectivity index (χ3v) is 3.57. The molecule has 0 fully saturated rings. The lowest BCUT2D eigenvalue weighted by atomic mass is 10.1. The van der Waals surface area contributed by atoms with E-state index in [-0.39, 0.29) is 24.4 Å². The number of thioether (sulfide) groups is 1. The average molecular weight is 297 g/mol. The zero-order chi connectivity index (χ0) is 15.2. The number of nitrogens with one attached hydrogen (secondary N) is 1. The van der Waals surface area contributed by atoms with E-state index in [1.165, 1.54) is 23.9 Å². The van der Waals surface area contributed by atoms with Crippen LogP contribution in [-0.4, -0.2) is 46.2 Å². The number of aliphatic hydroxyl groups is 1. The van der Waals surface area contributed by atoms with E-state index in [0.29, 0.717) is 11.3 Å². The van der Waals surface area contributed by atoms with Gasteiger partial charge in [-0.25, -0.2) is 4.79 Å². The Labute approximate surface area is 122 Å². The van der Waals surface area contributed by atoms with Crippen LogP contribution in [0.25, 0.3) is 0 Å². The first-order valence-electron chi connectivity index (χ1n) is 6.14. The minimum absolute atomic E-state index is 0.0937. The molecule has 1 atom stereocenters. The third kappa shape index (κ3) is 5.63. The largest absolute Gasteiger partial charge is 0.478 e. The average Bonchev–Trinajstić information content (AvgIpc) is 2.37. The molecule has 0 radical (unpaired) electrons. The fourth-order valence-corrected chi connectivity index (χ4v) is 2.44. The van der Waals surface area contributed by atoms with Crippen molar-refractivity contribution < 1.29 is 19.8 Å². The normalized spacial score (nSPS) is 13.6. The first-order chi connectivity index (χ1) is 9.34. The summed E-state index contributed by atoms with van der Waals surface area (Å²) in [5.74, 6) is -0.731. The van der Waals surface area contributed by atoms with Crippen LogP contribution in [0.2, 0.25) is 0 Å². The Morgan fingerprint density at radius 1 is 1.40 bits per heavy atom. The third-order valence-electron chi connectivity index (χ3n) is 2.66. The highest BCUT2D eigenvalue weighted by Crippen LogP contribution is 2.10. The molecule has 0 aliphatic rings. The van der Waals surface area contributed by atoms with Gasteiger partial charge < -0.3 is 15.5 Å². The van der Waals surface area contributed by atoms with E-state index in [4.69, 9.17) is 5.11 Å². The van der Waals surface area contributed by atoms with Gasteiger partial charge in [0, 0.05) is 12.3 Å². The van der Waals surface area contributed by atoms with Gasteiger partial charge in [-0.3, -0.25) is 4.79 Å². The van der Waals surface area contributed by atoms with Gasteiger partial charge >= 0.3 is 5.97 Å². The van der Waals surface area contributed by atoms with Gasteiger partial charge in [-0.1, -0.05) is 12.1 Å². The molecule has 0 saturated carbocycles. The highest BCUT2D eigenvalue weighted by atomic mass is 32.2. The lowest BCUT2D eigenvalue weighted by Gasteiger charge is -2.22. The standard InChI is InChI=1S/C14H19NO4S/c1-14(19,9-20-2)8-15-12(16)7-10-4-3-5-11(6-10)13(17)18/h3-6,19H,7-9H2,1-2H3,(H,15,16)(H,17,18). The van der Waals surface area contributed by atoms with E-state index in [1.807, 2.05) is 6.26 Å². The number of carbonyl (C=O) groups excluding carboxylic acids is 1. The lowest BCUT2D eigenvalue weighted by Crippen LogP contribution is -2.42. The molecule has 0 heterocycles. The molecule has 1 amide bonds. The van der Waals surface area contributed by atoms with Crippen LogP contribution in [0.5, 0.6) is 0 Å². The fourth-order valence-electron chi connectivity index (χ4n) is 1.71. The Morgan fingerprint density at radius 3 is 2.70 bits per heavy atom. The predicted molar refractivity (Wildman–Crippen MR) is 79.1 cm³/mol. The van der Waals surface area contributed by atoms with E-state index >= 15 is 0 Å². The van der Waals surface area contributed by atoms with Crippen LogP contribution in [0.1, 0.15) is 22.8 Å². The Kier molecular flexibility index (Phi) is 6.04. The van der Waals surface area contributed by atoms with Crippen molar-refractivity contribution >= 4 is 23.6 Å². The predicted octanol–water partition coefficient (Wildman–Crippen LogP) is 1.16. The maximum absolute atomic E-state index is 11.8. The van der Waals surface area contributed by atoms with E-state index in [1.54, 1.807) is 19.1 Å². The second-order valence-electron chi connectivity index (χ2n) is 4.89. The number of aromatic carboxylic acids is 1. The Balaban J connectivity index is 2.54. The monoisotopic (exact) mass is 297 g/mol. The first kappa shape index (κ1) is 16.5. The summed E-state index contributed by atoms with van der Waals surface area (Å²) >= 11 is 1.50. The van der Waals surface area contributed by atoms with Gasteiger partial charge in [-0.05, 0) is 30.9 Å². The van der Waals surface area contributed by atoms with Crippen LogP contribution in [0.4, 0.5) is 0 Å². The highest BCUT2D eigenvalue weighted by molar-refractivity contribution is 7.98. The molecule has 20 heavy (non-hydrogen) atoms. The van der Waals surface area contributed by atoms with Crippen LogP contribution in [0.3, 0.4) is 0 Å². The van der Waals surface area contributed by atoms with Crippen molar-refractivity contribution in [3.8, 4) is 0 Å². The van der Waals surface area contributed by atoms with Gasteiger partial charge in [0.15, 0.2) is 0 Å². The number of carboxylic acid groups (broad SMARTS) is 1. The van der Waals surface area contributed by atoms with Crippen LogP contribution in [-0.2, 0) is 11.2 Å². The van der Waals surface area contributed by atoms with Crippen molar-refractivity contribution in [3.05, 3.63) is 35.4 Å². The molecule has 110 valence electrons. The van der Waals surface area contributed by atoms with Gasteiger partial charge in [0.25, 0.3) is 0 Å². The number of amides is 1. The Bertz CT molecular complexity index is 488. The first-order valence-corrected chi connectivity index (χ1v) is 7.54. The fraction of sp³-hybridized carbons (Fsp3) is 0.429. The molecule has 1 aromatic carbocycles. The molecular formula is C14H19NO4S. The number of benzene rings is 1. The smallest absolute Gasteiger partial charge is 0.335 e. The number of carbonyl (C=O) groups is 2. The summed E-state index contributed by atoms with van der Waals surface area (Å²) in [7, 11) is 0. The molecule has 0 saturated heterocycles. The van der Waals surface area contributed by atoms with E-state index in [9.17, 15) is 14.7 Å². The summed E-state index contributed by atoms with van der Waals surface area (Å²) in [6, 6.07) is 6.26. The van der Waals surface area contributed by atoms with Crippen molar-refractivity contribution in [3.63, 3.8) is 0 Å². The SMILES string of the molecule is CSCC(C)(O)CNC(=O)Cc1cccc(C(=O)O)c1. The molecule has 1 rings (SSSR count). The number of rotatable bonds is 7. The molecular weight excluding hydrogens is 278 g/mol. The van der Waals surface area contributed by atoms with Gasteiger partial charge in [-0.15, -0.1) is 0 Å². The van der Waals surface area contributed by atoms with E-state index < -0.39 is 11.6 Å². The summed E-state index contributed by atoms with van der Waals surface area (Å²) in [5.41, 5.74) is -0.158. The molecule has 3 N–H and O–H groups in total. The summed E-state index contributed by atoms with van der Waals surface area (Å²) in [4.78, 5) is 22.6. The molecule has 6 heteroatoms. The van der Waals surface area contributed by atoms with Gasteiger partial charge in [0.2, 0.25) is 5.91 Å². The van der Waals surface area contributed by atoms with Crippen molar-refractivity contribution in [1.29, 1.82) is 0 Å². The topological polar surface area (TPSA) is 86.6 Å². The van der Waals surface area contributed by atoms with Crippen LogP contribution in [0, 0.1) is 0 Å². The molecule has 1 aromatic rings. The van der Waals surface area contributed by atoms with Crippen molar-refractivity contribution in [2.75, 3.05) is 18.6 Å². The summed E-state index contributed by atoms with van der Waals surface area (Å²) in [6.07, 6.45) is 1.98. The zero-order valence-corrected chi connectivity index (χ0v) is 12.4. The second-order valence-corrected chi connectivity index (χ2v) is 5.76. The molecule has 0 aliphatic carbocycles. The highest BCUT2D eigenvalue weighted by Gasteiger charge is 2.20. The lowest BCUT2D eigenvalue weighted by molar-refractivity contribution is -0.121. The molecule has 0 aliphatic heterocycles. The summed E-state index contributed by atoms with van der Waals surface area (Å²) in [6.45, 7) is 1.83. The molecule has 0 spiro atoms. The van der Waals surface area contributed by atoms with E-state index in [2.05, 4.69) is 5.32 Å². The van der Waals surface area contributed by atoms with Gasteiger partial charge in [0.05, 0.1) is 17.6 Å². The second kappa shape index (κ2) is 7.31. The minimum atomic E-state index is -1.02. The summed E-state index contributed by atoms with van der Waals surface area (Å²) in [5, 5.41) is 21.5. The molecule has 0 aromatic heterocycles. The Morgan fingerprint density at radius 2 is 2.10 bits per heavy atom. The molecule has 0 bridgehead atoms. The van der Waals surface area contributed by atoms with Crippen LogP contribution in [0.15, 0.2) is 24.3 Å². The maximum Gasteiger partial charge on any atom is 0.335 e. The summed E-state index contributed by atoms with van der Waals surface area (Å²) < 4.78 is 0. The quantitative estimate of drug-likeness (QED) is 0.703. The van der Waals surface area contributed by atoms with E-state index in [0.717, 1.165) is 0 Å². The minimum Gasteiger partial charge on any atom is -0.478 e. The van der Waals surface area contributed by atoms with Crippen LogP contribution >= 0.6 is 11.8 Å². The van der Waals surface area contributed by atoms with Gasteiger partial charge in [0.1, 0.15) is 0 Å². The number of carboxylic acids is 1. The van der Waals surface area contributed by atoms with Crippen molar-refractivity contribution in [1.82, 2.24) is 5.32 Å². The van der Waals surface area contributed by atoms with Crippen molar-refractivity contribution in [2.45, 2.75) is 18.9 Å². The maximum atomic E-state index is 11.8. The van der Waals surface area contributed by atoms with Gasteiger partial charge in [-0.2, -0.15) is 11.8 Å².